The molecule has 0 N–H and O–H groups in total. The average molecular weight is 327 g/mol. The molecule has 2 heterocycles. The molecule has 0 nitrogen and oxygen atoms in total. The Labute approximate surface area is 142 Å². The van der Waals surface area contributed by atoms with Crippen LogP contribution in [0.5, 0.6) is 0 Å². The van der Waals surface area contributed by atoms with Gasteiger partial charge in [0.2, 0.25) is 0 Å². The van der Waals surface area contributed by atoms with Crippen LogP contribution in [-0.4, -0.2) is 4.75 Å². The van der Waals surface area contributed by atoms with Gasteiger partial charge in [-0.2, -0.15) is 0 Å². The molecule has 0 amide bonds. The van der Waals surface area contributed by atoms with Crippen molar-refractivity contribution in [3.63, 3.8) is 0 Å². The van der Waals surface area contributed by atoms with Crippen LogP contribution in [0.1, 0.15) is 49.6 Å². The highest BCUT2D eigenvalue weighted by molar-refractivity contribution is 8.19. The van der Waals surface area contributed by atoms with Crippen molar-refractivity contribution in [2.45, 2.75) is 41.8 Å². The molecule has 0 bridgehead atoms. The summed E-state index contributed by atoms with van der Waals surface area (Å²) in [6.07, 6.45) is 0. The lowest BCUT2D eigenvalue weighted by Gasteiger charge is -2.65. The number of hydrogen-bond donors (Lipinski definition) is 0. The van der Waals surface area contributed by atoms with E-state index in [9.17, 15) is 0 Å². The maximum Gasteiger partial charge on any atom is 0.0942 e. The predicted octanol–water partition coefficient (Wildman–Crippen LogP) is 6.23. The highest BCUT2D eigenvalue weighted by Crippen LogP contribution is 2.81. The van der Waals surface area contributed by atoms with E-state index in [-0.39, 0.29) is 9.49 Å². The number of fused-ring (bicyclic) bond motifs is 2. The van der Waals surface area contributed by atoms with Crippen molar-refractivity contribution < 1.29 is 0 Å². The van der Waals surface area contributed by atoms with E-state index in [0.717, 1.165) is 0 Å². The van der Waals surface area contributed by atoms with Gasteiger partial charge in [0.05, 0.1) is 9.33 Å². The molecule has 0 aliphatic carbocycles. The Hall–Kier alpha value is -0.860. The van der Waals surface area contributed by atoms with Crippen LogP contribution in [0.2, 0.25) is 0 Å². The van der Waals surface area contributed by atoms with Gasteiger partial charge in [0.15, 0.2) is 0 Å². The predicted molar refractivity (Wildman–Crippen MR) is 99.4 cm³/mol. The lowest BCUT2D eigenvalue weighted by atomic mass is 9.72. The molecular formula is C20H22S2. The first-order valence-electron chi connectivity index (χ1n) is 7.91. The van der Waals surface area contributed by atoms with Crippen LogP contribution >= 0.6 is 23.5 Å². The van der Waals surface area contributed by atoms with Gasteiger partial charge in [0, 0.05) is 10.2 Å². The highest BCUT2D eigenvalue weighted by Gasteiger charge is 2.69. The molecule has 2 aliphatic heterocycles. The van der Waals surface area contributed by atoms with Gasteiger partial charge in [-0.3, -0.25) is 0 Å². The molecule has 2 aromatic rings. The second kappa shape index (κ2) is 4.58. The first-order valence-corrected chi connectivity index (χ1v) is 9.61. The van der Waals surface area contributed by atoms with Gasteiger partial charge < -0.3 is 0 Å². The lowest BCUT2D eigenvalue weighted by Crippen LogP contribution is -2.59. The molecule has 1 fully saturated rings. The minimum Gasteiger partial charge on any atom is -0.132 e. The Morgan fingerprint density at radius 2 is 1.45 bits per heavy atom. The second-order valence-corrected chi connectivity index (χ2v) is 10.8. The lowest BCUT2D eigenvalue weighted by molar-refractivity contribution is 0.213. The molecule has 0 radical (unpaired) electrons. The summed E-state index contributed by atoms with van der Waals surface area (Å²) >= 11 is 4.31. The molecule has 1 saturated heterocycles. The first kappa shape index (κ1) is 14.7. The second-order valence-electron chi connectivity index (χ2n) is 7.35. The summed E-state index contributed by atoms with van der Waals surface area (Å²) in [5.41, 5.74) is 4.76. The van der Waals surface area contributed by atoms with E-state index in [1.807, 2.05) is 0 Å². The van der Waals surface area contributed by atoms with Gasteiger partial charge in [-0.25, -0.2) is 0 Å². The molecule has 114 valence electrons. The third kappa shape index (κ3) is 1.68. The average Bonchev–Trinajstić information content (AvgIpc) is 2.85. The monoisotopic (exact) mass is 326 g/mol. The van der Waals surface area contributed by atoms with E-state index >= 15 is 0 Å². The normalized spacial score (nSPS) is 30.8. The van der Waals surface area contributed by atoms with Crippen molar-refractivity contribution in [2.75, 3.05) is 0 Å². The topological polar surface area (TPSA) is 0 Å². The van der Waals surface area contributed by atoms with E-state index < -0.39 is 0 Å². The third-order valence-corrected chi connectivity index (χ3v) is 10.1. The minimum atomic E-state index is 0.188. The fourth-order valence-electron chi connectivity index (χ4n) is 3.72. The van der Waals surface area contributed by atoms with Gasteiger partial charge in [0.1, 0.15) is 0 Å². The van der Waals surface area contributed by atoms with Crippen molar-refractivity contribution in [3.05, 3.63) is 71.3 Å². The van der Waals surface area contributed by atoms with Gasteiger partial charge >= 0.3 is 0 Å². The van der Waals surface area contributed by atoms with Crippen molar-refractivity contribution in [2.24, 2.45) is 5.41 Å². The Bertz CT molecular complexity index is 717. The van der Waals surface area contributed by atoms with E-state index in [2.05, 4.69) is 106 Å². The van der Waals surface area contributed by atoms with Gasteiger partial charge in [-0.15, -0.1) is 23.5 Å². The Morgan fingerprint density at radius 1 is 0.818 bits per heavy atom. The summed E-state index contributed by atoms with van der Waals surface area (Å²) in [5.74, 6) is 0. The smallest absolute Gasteiger partial charge is 0.0942 e. The van der Waals surface area contributed by atoms with Gasteiger partial charge in [-0.05, 0) is 16.7 Å². The van der Waals surface area contributed by atoms with Gasteiger partial charge in [0.25, 0.3) is 0 Å². The molecule has 2 unspecified atom stereocenters. The number of benzene rings is 2. The fourth-order valence-corrected chi connectivity index (χ4v) is 8.49. The van der Waals surface area contributed by atoms with Crippen LogP contribution < -0.4 is 0 Å². The van der Waals surface area contributed by atoms with Crippen LogP contribution in [0.25, 0.3) is 0 Å². The molecule has 2 heteroatoms. The third-order valence-electron chi connectivity index (χ3n) is 5.71. The van der Waals surface area contributed by atoms with E-state index in [0.29, 0.717) is 10.00 Å². The van der Waals surface area contributed by atoms with Crippen molar-refractivity contribution in [1.29, 1.82) is 0 Å². The molecule has 0 aromatic heterocycles. The maximum atomic E-state index is 2.45. The van der Waals surface area contributed by atoms with E-state index in [4.69, 9.17) is 0 Å². The molecular weight excluding hydrogens is 304 g/mol. The summed E-state index contributed by atoms with van der Waals surface area (Å²) in [5, 5.41) is 0.459. The SMILES string of the molecule is CC1(C)SC2(SC(c3ccccc3)c3ccccc32)C1(C)C. The minimum absolute atomic E-state index is 0.188. The summed E-state index contributed by atoms with van der Waals surface area (Å²) in [4.78, 5) is 0. The molecule has 2 aliphatic rings. The molecule has 4 rings (SSSR count). The Balaban J connectivity index is 1.86. The molecule has 0 saturated carbocycles. The molecule has 22 heavy (non-hydrogen) atoms. The highest BCUT2D eigenvalue weighted by atomic mass is 32.2. The fraction of sp³-hybridized carbons (Fsp3) is 0.400. The zero-order chi connectivity index (χ0) is 15.6. The largest absolute Gasteiger partial charge is 0.132 e. The summed E-state index contributed by atoms with van der Waals surface area (Å²) < 4.78 is 0.506. The van der Waals surface area contributed by atoms with E-state index in [1.165, 1.54) is 11.1 Å². The maximum absolute atomic E-state index is 2.45. The summed E-state index contributed by atoms with van der Waals surface area (Å²) in [6, 6.07) is 20.1. The first-order chi connectivity index (χ1) is 10.4. The number of thioether (sulfide) groups is 2. The zero-order valence-electron chi connectivity index (χ0n) is 13.6. The Kier molecular flexibility index (Phi) is 3.06. The summed E-state index contributed by atoms with van der Waals surface area (Å²) in [6.45, 7) is 9.67. The van der Waals surface area contributed by atoms with Crippen LogP contribution in [0.4, 0.5) is 0 Å². The van der Waals surface area contributed by atoms with Crippen LogP contribution in [0.3, 0.4) is 0 Å². The van der Waals surface area contributed by atoms with Crippen molar-refractivity contribution in [1.82, 2.24) is 0 Å². The molecule has 2 atom stereocenters. The number of hydrogen-bond acceptors (Lipinski definition) is 2. The van der Waals surface area contributed by atoms with Crippen LogP contribution in [0.15, 0.2) is 54.6 Å². The Morgan fingerprint density at radius 3 is 2.09 bits per heavy atom. The quantitative estimate of drug-likeness (QED) is 0.609. The van der Waals surface area contributed by atoms with Crippen LogP contribution in [-0.2, 0) is 4.08 Å². The van der Waals surface area contributed by atoms with E-state index in [1.54, 1.807) is 5.56 Å². The van der Waals surface area contributed by atoms with Crippen LogP contribution in [0, 0.1) is 5.41 Å². The van der Waals surface area contributed by atoms with Crippen molar-refractivity contribution >= 4 is 23.5 Å². The standard InChI is InChI=1S/C20H22S2/c1-18(2)19(3,4)22-20(18)16-13-9-8-12-15(16)17(21-20)14-10-6-5-7-11-14/h5-13,17H,1-4H3. The summed E-state index contributed by atoms with van der Waals surface area (Å²) in [7, 11) is 0. The van der Waals surface area contributed by atoms with Crippen molar-refractivity contribution in [3.8, 4) is 0 Å². The molecule has 1 spiro atoms. The molecule has 2 aromatic carbocycles. The number of rotatable bonds is 1. The van der Waals surface area contributed by atoms with Gasteiger partial charge in [-0.1, -0.05) is 82.3 Å². The zero-order valence-corrected chi connectivity index (χ0v) is 15.2.